The van der Waals surface area contributed by atoms with Crippen molar-refractivity contribution >= 4 is 5.97 Å². The zero-order chi connectivity index (χ0) is 10.1. The van der Waals surface area contributed by atoms with E-state index in [0.717, 1.165) is 0 Å². The molecule has 0 saturated heterocycles. The standard InChI is InChI=1S/C5H8O2.C2H6O3/c1-3-4(2)5(6)7;3-1-2(4)5/h3H,1-2H3,(H,6,7);2-5H,1H2. The van der Waals surface area contributed by atoms with Crippen LogP contribution in [0.5, 0.6) is 0 Å². The fourth-order valence-corrected chi connectivity index (χ4v) is 0.123. The number of aliphatic hydroxyl groups excluding tert-OH is 2. The van der Waals surface area contributed by atoms with Gasteiger partial charge in [-0.25, -0.2) is 4.79 Å². The molecule has 4 N–H and O–H groups in total. The van der Waals surface area contributed by atoms with Crippen molar-refractivity contribution in [3.8, 4) is 0 Å². The molecule has 0 heterocycles. The lowest BCUT2D eigenvalue weighted by atomic mass is 10.3. The van der Waals surface area contributed by atoms with Gasteiger partial charge in [0.05, 0.1) is 6.61 Å². The van der Waals surface area contributed by atoms with Crippen molar-refractivity contribution in [3.05, 3.63) is 11.6 Å². The molecule has 0 radical (unpaired) electrons. The van der Waals surface area contributed by atoms with Gasteiger partial charge in [0.15, 0.2) is 6.29 Å². The van der Waals surface area contributed by atoms with Gasteiger partial charge in [-0.3, -0.25) is 0 Å². The van der Waals surface area contributed by atoms with Crippen LogP contribution in [0.1, 0.15) is 13.8 Å². The van der Waals surface area contributed by atoms with Gasteiger partial charge < -0.3 is 20.4 Å². The van der Waals surface area contributed by atoms with Gasteiger partial charge in [-0.1, -0.05) is 6.08 Å². The maximum absolute atomic E-state index is 9.86. The highest BCUT2D eigenvalue weighted by atomic mass is 16.5. The van der Waals surface area contributed by atoms with Crippen molar-refractivity contribution < 1.29 is 25.2 Å². The molecule has 0 aromatic carbocycles. The smallest absolute Gasteiger partial charge is 0.330 e. The normalized spacial score (nSPS) is 10.7. The Morgan fingerprint density at radius 2 is 1.83 bits per heavy atom. The van der Waals surface area contributed by atoms with E-state index in [0.29, 0.717) is 5.57 Å². The first-order valence-electron chi connectivity index (χ1n) is 3.28. The summed E-state index contributed by atoms with van der Waals surface area (Å²) in [5.41, 5.74) is 0.389. The van der Waals surface area contributed by atoms with E-state index >= 15 is 0 Å². The van der Waals surface area contributed by atoms with Crippen molar-refractivity contribution in [3.63, 3.8) is 0 Å². The molecule has 0 unspecified atom stereocenters. The highest BCUT2D eigenvalue weighted by Crippen LogP contribution is 1.87. The van der Waals surface area contributed by atoms with E-state index in [1.807, 2.05) is 0 Å². The van der Waals surface area contributed by atoms with Crippen LogP contribution in [0.3, 0.4) is 0 Å². The monoisotopic (exact) mass is 178 g/mol. The first kappa shape index (κ1) is 13.7. The van der Waals surface area contributed by atoms with E-state index in [1.54, 1.807) is 19.9 Å². The average molecular weight is 178 g/mol. The summed E-state index contributed by atoms with van der Waals surface area (Å²) in [7, 11) is 0. The predicted molar refractivity (Wildman–Crippen MR) is 42.4 cm³/mol. The number of rotatable bonds is 2. The number of allylic oxidation sites excluding steroid dienone is 1. The highest BCUT2D eigenvalue weighted by molar-refractivity contribution is 5.85. The molecular weight excluding hydrogens is 164 g/mol. The molecule has 0 aliphatic rings. The van der Waals surface area contributed by atoms with Gasteiger partial charge in [0.1, 0.15) is 0 Å². The fraction of sp³-hybridized carbons (Fsp3) is 0.571. The lowest BCUT2D eigenvalue weighted by Crippen LogP contribution is -2.08. The third-order valence-electron chi connectivity index (χ3n) is 0.934. The summed E-state index contributed by atoms with van der Waals surface area (Å²) in [4.78, 5) is 9.86. The summed E-state index contributed by atoms with van der Waals surface area (Å²) < 4.78 is 0. The molecule has 0 aliphatic carbocycles. The van der Waals surface area contributed by atoms with Crippen LogP contribution < -0.4 is 0 Å². The van der Waals surface area contributed by atoms with Gasteiger partial charge in [-0.2, -0.15) is 0 Å². The maximum atomic E-state index is 9.86. The lowest BCUT2D eigenvalue weighted by molar-refractivity contribution is -0.132. The Bertz CT molecular complexity index is 150. The summed E-state index contributed by atoms with van der Waals surface area (Å²) in [5.74, 6) is -0.845. The van der Waals surface area contributed by atoms with Crippen molar-refractivity contribution in [2.45, 2.75) is 20.1 Å². The Balaban J connectivity index is 0. The van der Waals surface area contributed by atoms with Crippen molar-refractivity contribution in [1.82, 2.24) is 0 Å². The number of carboxylic acid groups (broad SMARTS) is 1. The molecule has 0 atom stereocenters. The predicted octanol–water partition coefficient (Wildman–Crippen LogP) is -0.673. The fourth-order valence-electron chi connectivity index (χ4n) is 0.123. The van der Waals surface area contributed by atoms with E-state index in [2.05, 4.69) is 0 Å². The van der Waals surface area contributed by atoms with Crippen LogP contribution >= 0.6 is 0 Å². The van der Waals surface area contributed by atoms with Crippen LogP contribution in [0.15, 0.2) is 11.6 Å². The van der Waals surface area contributed by atoms with Gasteiger partial charge in [0.2, 0.25) is 0 Å². The van der Waals surface area contributed by atoms with Crippen LogP contribution in [0.2, 0.25) is 0 Å². The second-order valence-corrected chi connectivity index (χ2v) is 1.94. The second-order valence-electron chi connectivity index (χ2n) is 1.94. The SMILES string of the molecule is CC=C(C)C(=O)O.OCC(O)O. The second kappa shape index (κ2) is 8.19. The average Bonchev–Trinajstić information content (AvgIpc) is 2.04. The molecule has 5 nitrogen and oxygen atoms in total. The Kier molecular flexibility index (Phi) is 9.32. The number of aliphatic hydroxyl groups is 3. The molecule has 0 bridgehead atoms. The van der Waals surface area contributed by atoms with Crippen LogP contribution in [0, 0.1) is 0 Å². The molecule has 0 fully saturated rings. The first-order valence-corrected chi connectivity index (χ1v) is 3.28. The van der Waals surface area contributed by atoms with Crippen LogP contribution in [-0.2, 0) is 4.79 Å². The number of hydrogen-bond acceptors (Lipinski definition) is 4. The Hall–Kier alpha value is -0.910. The summed E-state index contributed by atoms with van der Waals surface area (Å²) in [6.45, 7) is 2.67. The van der Waals surface area contributed by atoms with Crippen LogP contribution in [-0.4, -0.2) is 39.3 Å². The van der Waals surface area contributed by atoms with Crippen LogP contribution in [0.25, 0.3) is 0 Å². The lowest BCUT2D eigenvalue weighted by Gasteiger charge is -1.89. The largest absolute Gasteiger partial charge is 0.478 e. The molecule has 0 aromatic heterocycles. The number of aliphatic carboxylic acids is 1. The minimum Gasteiger partial charge on any atom is -0.478 e. The third kappa shape index (κ3) is 11.8. The molecule has 0 amide bonds. The zero-order valence-corrected chi connectivity index (χ0v) is 7.06. The Morgan fingerprint density at radius 3 is 1.83 bits per heavy atom. The molecule has 72 valence electrons. The highest BCUT2D eigenvalue weighted by Gasteiger charge is 1.93. The van der Waals surface area contributed by atoms with Crippen LogP contribution in [0.4, 0.5) is 0 Å². The zero-order valence-electron chi connectivity index (χ0n) is 7.06. The van der Waals surface area contributed by atoms with Gasteiger partial charge >= 0.3 is 5.97 Å². The summed E-state index contributed by atoms with van der Waals surface area (Å²) in [6.07, 6.45) is -0.00231. The molecule has 12 heavy (non-hydrogen) atoms. The van der Waals surface area contributed by atoms with E-state index in [1.165, 1.54) is 0 Å². The van der Waals surface area contributed by atoms with Crippen molar-refractivity contribution in [1.29, 1.82) is 0 Å². The number of hydrogen-bond donors (Lipinski definition) is 4. The minimum absolute atomic E-state index is 0.389. The molecule has 5 heteroatoms. The van der Waals surface area contributed by atoms with E-state index < -0.39 is 18.9 Å². The van der Waals surface area contributed by atoms with Gasteiger partial charge in [0, 0.05) is 5.57 Å². The van der Waals surface area contributed by atoms with Gasteiger partial charge in [0.25, 0.3) is 0 Å². The van der Waals surface area contributed by atoms with Gasteiger partial charge in [-0.15, -0.1) is 0 Å². The topological polar surface area (TPSA) is 98.0 Å². The van der Waals surface area contributed by atoms with Crippen molar-refractivity contribution in [2.75, 3.05) is 6.61 Å². The number of carbonyl (C=O) groups is 1. The quantitative estimate of drug-likeness (QED) is 0.332. The van der Waals surface area contributed by atoms with E-state index in [-0.39, 0.29) is 0 Å². The molecular formula is C7H14O5. The number of carboxylic acids is 1. The van der Waals surface area contributed by atoms with Gasteiger partial charge in [-0.05, 0) is 13.8 Å². The molecule has 0 spiro atoms. The van der Waals surface area contributed by atoms with E-state index in [9.17, 15) is 4.79 Å². The molecule has 0 rings (SSSR count). The van der Waals surface area contributed by atoms with Crippen molar-refractivity contribution in [2.24, 2.45) is 0 Å². The summed E-state index contributed by atoms with van der Waals surface area (Å²) in [5, 5.41) is 31.1. The third-order valence-corrected chi connectivity index (χ3v) is 0.934. The Labute approximate surface area is 70.6 Å². The maximum Gasteiger partial charge on any atom is 0.330 e. The molecule has 0 saturated carbocycles. The molecule has 0 aliphatic heterocycles. The Morgan fingerprint density at radius 1 is 1.50 bits per heavy atom. The van der Waals surface area contributed by atoms with E-state index in [4.69, 9.17) is 20.4 Å². The summed E-state index contributed by atoms with van der Waals surface area (Å²) in [6, 6.07) is 0. The summed E-state index contributed by atoms with van der Waals surface area (Å²) >= 11 is 0. The first-order chi connectivity index (χ1) is 5.45. The minimum atomic E-state index is -1.56. The molecule has 0 aromatic rings.